The molecule has 150 valence electrons. The Morgan fingerprint density at radius 1 is 1.25 bits per heavy atom. The van der Waals surface area contributed by atoms with Crippen LogP contribution in [0, 0.1) is 12.3 Å². The first-order valence-electron chi connectivity index (χ1n) is 8.81. The molecule has 2 aromatic carbocycles. The summed E-state index contributed by atoms with van der Waals surface area (Å²) >= 11 is 0. The minimum Gasteiger partial charge on any atom is -0.408 e. The number of carbonyl (C=O) groups excluding carboxylic acids is 1. The number of fused-ring (bicyclic) bond motifs is 1. The number of rotatable bonds is 4. The second-order valence-electron chi connectivity index (χ2n) is 5.63. The number of nitrogens with one attached hydrogen (secondary N) is 2. The fourth-order valence-electron chi connectivity index (χ4n) is 2.40. The molecular weight excluding hydrogens is 358 g/mol. The van der Waals surface area contributed by atoms with Gasteiger partial charge in [0.25, 0.3) is 0 Å². The number of benzene rings is 2. The number of carbonyl (C=O) groups is 1. The number of amides is 1. The van der Waals surface area contributed by atoms with Gasteiger partial charge in [-0.3, -0.25) is 9.36 Å². The molecule has 8 nitrogen and oxygen atoms in total. The standard InChI is InChI=1S/C10H10N2O3.C8H11N3.C2H6/c1-6-2-3-7-8(4-6)15-10(14)12(7)5-9(11)13;1-11-8-4-7(10)3-2-6(8)5-9;1-2/h2-4H,5H2,1H3,(H2,11,13);2-5,9,11H,10H2,1H3;1-2H3. The quantitative estimate of drug-likeness (QED) is 0.404. The maximum Gasteiger partial charge on any atom is 0.420 e. The minimum absolute atomic E-state index is 0.158. The normalized spacial score (nSPS) is 9.57. The third kappa shape index (κ3) is 5.73. The molecule has 1 aromatic heterocycles. The average Bonchev–Trinajstić information content (AvgIpc) is 2.97. The van der Waals surface area contributed by atoms with Crippen molar-refractivity contribution in [3.8, 4) is 0 Å². The number of aromatic nitrogens is 1. The summed E-state index contributed by atoms with van der Waals surface area (Å²) in [4.78, 5) is 22.1. The highest BCUT2D eigenvalue weighted by molar-refractivity contribution is 5.86. The van der Waals surface area contributed by atoms with E-state index in [4.69, 9.17) is 21.3 Å². The summed E-state index contributed by atoms with van der Waals surface area (Å²) < 4.78 is 6.20. The lowest BCUT2D eigenvalue weighted by molar-refractivity contribution is -0.118. The van der Waals surface area contributed by atoms with E-state index in [-0.39, 0.29) is 6.54 Å². The topological polar surface area (TPSA) is 140 Å². The molecule has 0 unspecified atom stereocenters. The highest BCUT2D eigenvalue weighted by Gasteiger charge is 2.10. The Morgan fingerprint density at radius 2 is 1.93 bits per heavy atom. The smallest absolute Gasteiger partial charge is 0.408 e. The SMILES string of the molecule is CC.CNc1cc(N)ccc1C=N.Cc1ccc2c(c1)oc(=O)n2CC(N)=O. The van der Waals surface area contributed by atoms with E-state index in [0.29, 0.717) is 16.8 Å². The van der Waals surface area contributed by atoms with Gasteiger partial charge in [-0.1, -0.05) is 19.9 Å². The van der Waals surface area contributed by atoms with Gasteiger partial charge in [-0.15, -0.1) is 0 Å². The molecule has 0 aliphatic rings. The van der Waals surface area contributed by atoms with E-state index >= 15 is 0 Å². The zero-order valence-corrected chi connectivity index (χ0v) is 16.6. The van der Waals surface area contributed by atoms with E-state index in [1.807, 2.05) is 40.0 Å². The van der Waals surface area contributed by atoms with Crippen LogP contribution in [-0.4, -0.2) is 23.7 Å². The van der Waals surface area contributed by atoms with Crippen LogP contribution in [0.4, 0.5) is 11.4 Å². The van der Waals surface area contributed by atoms with Crippen LogP contribution in [0.2, 0.25) is 0 Å². The molecule has 0 aliphatic heterocycles. The van der Waals surface area contributed by atoms with Crippen molar-refractivity contribution < 1.29 is 9.21 Å². The Morgan fingerprint density at radius 3 is 2.50 bits per heavy atom. The van der Waals surface area contributed by atoms with Gasteiger partial charge in [-0.25, -0.2) is 4.79 Å². The van der Waals surface area contributed by atoms with E-state index in [9.17, 15) is 9.59 Å². The van der Waals surface area contributed by atoms with Crippen LogP contribution < -0.4 is 22.5 Å². The molecule has 1 amide bonds. The van der Waals surface area contributed by atoms with Crippen molar-refractivity contribution in [3.05, 3.63) is 58.1 Å². The third-order valence-electron chi connectivity index (χ3n) is 3.64. The molecule has 28 heavy (non-hydrogen) atoms. The number of primary amides is 1. The lowest BCUT2D eigenvalue weighted by atomic mass is 10.2. The van der Waals surface area contributed by atoms with Gasteiger partial charge in [0.1, 0.15) is 6.54 Å². The van der Waals surface area contributed by atoms with Gasteiger partial charge >= 0.3 is 5.76 Å². The van der Waals surface area contributed by atoms with Crippen LogP contribution >= 0.6 is 0 Å². The Kier molecular flexibility index (Phi) is 8.48. The van der Waals surface area contributed by atoms with Gasteiger partial charge < -0.3 is 26.6 Å². The van der Waals surface area contributed by atoms with Crippen LogP contribution in [0.15, 0.2) is 45.6 Å². The van der Waals surface area contributed by atoms with Crippen LogP contribution in [0.25, 0.3) is 11.1 Å². The van der Waals surface area contributed by atoms with Crippen molar-refractivity contribution >= 4 is 34.6 Å². The summed E-state index contributed by atoms with van der Waals surface area (Å²) in [6, 6.07) is 10.7. The van der Waals surface area contributed by atoms with Crippen LogP contribution in [0.3, 0.4) is 0 Å². The molecule has 8 heteroatoms. The van der Waals surface area contributed by atoms with Crippen LogP contribution in [0.5, 0.6) is 0 Å². The Hall–Kier alpha value is -3.55. The lowest BCUT2D eigenvalue weighted by Crippen LogP contribution is -2.24. The number of oxazole rings is 1. The molecule has 0 spiro atoms. The first-order valence-corrected chi connectivity index (χ1v) is 8.81. The number of nitrogens with zero attached hydrogens (tertiary/aromatic N) is 1. The molecule has 0 atom stereocenters. The van der Waals surface area contributed by atoms with Crippen molar-refractivity contribution in [2.45, 2.75) is 27.3 Å². The zero-order valence-electron chi connectivity index (χ0n) is 16.6. The number of nitrogens with two attached hydrogens (primary N) is 2. The first kappa shape index (κ1) is 22.5. The summed E-state index contributed by atoms with van der Waals surface area (Å²) in [7, 11) is 1.81. The molecule has 0 aliphatic carbocycles. The Labute approximate surface area is 163 Å². The summed E-state index contributed by atoms with van der Waals surface area (Å²) in [6.07, 6.45) is 1.30. The predicted octanol–water partition coefficient (Wildman–Crippen LogP) is 2.72. The van der Waals surface area contributed by atoms with Gasteiger partial charge in [-0.05, 0) is 42.8 Å². The van der Waals surface area contributed by atoms with Crippen molar-refractivity contribution in [1.29, 1.82) is 5.41 Å². The summed E-state index contributed by atoms with van der Waals surface area (Å²) in [6.45, 7) is 5.74. The maximum atomic E-state index is 11.4. The van der Waals surface area contributed by atoms with E-state index in [0.717, 1.165) is 16.8 Å². The van der Waals surface area contributed by atoms with E-state index in [1.54, 1.807) is 24.3 Å². The zero-order chi connectivity index (χ0) is 21.3. The van der Waals surface area contributed by atoms with Crippen molar-refractivity contribution in [1.82, 2.24) is 4.57 Å². The monoisotopic (exact) mass is 385 g/mol. The Balaban J connectivity index is 0.000000268. The molecular formula is C20H27N5O3. The number of nitrogen functional groups attached to an aromatic ring is 1. The van der Waals surface area contributed by atoms with E-state index < -0.39 is 11.7 Å². The molecule has 0 bridgehead atoms. The van der Waals surface area contributed by atoms with Gasteiger partial charge in [0.2, 0.25) is 5.91 Å². The number of anilines is 2. The lowest BCUT2D eigenvalue weighted by Gasteiger charge is -2.04. The van der Waals surface area contributed by atoms with Gasteiger partial charge in [-0.2, -0.15) is 0 Å². The maximum absolute atomic E-state index is 11.4. The van der Waals surface area contributed by atoms with Crippen LogP contribution in [0.1, 0.15) is 25.0 Å². The second kappa shape index (κ2) is 10.6. The van der Waals surface area contributed by atoms with E-state index in [2.05, 4.69) is 5.32 Å². The van der Waals surface area contributed by atoms with Crippen LogP contribution in [-0.2, 0) is 11.3 Å². The highest BCUT2D eigenvalue weighted by Crippen LogP contribution is 2.16. The average molecular weight is 385 g/mol. The molecule has 6 N–H and O–H groups in total. The van der Waals surface area contributed by atoms with E-state index in [1.165, 1.54) is 10.8 Å². The van der Waals surface area contributed by atoms with Gasteiger partial charge in [0, 0.05) is 30.2 Å². The number of hydrogen-bond acceptors (Lipinski definition) is 6. The molecule has 0 radical (unpaired) electrons. The molecule has 3 rings (SSSR count). The second-order valence-corrected chi connectivity index (χ2v) is 5.63. The van der Waals surface area contributed by atoms with Gasteiger partial charge in [0.15, 0.2) is 5.58 Å². The molecule has 0 saturated heterocycles. The van der Waals surface area contributed by atoms with Crippen molar-refractivity contribution in [2.75, 3.05) is 18.1 Å². The predicted molar refractivity (Wildman–Crippen MR) is 114 cm³/mol. The fraction of sp³-hybridized carbons (Fsp3) is 0.250. The first-order chi connectivity index (χ1) is 13.3. The fourth-order valence-corrected chi connectivity index (χ4v) is 2.40. The summed E-state index contributed by atoms with van der Waals surface area (Å²) in [5, 5.41) is 10.0. The highest BCUT2D eigenvalue weighted by atomic mass is 16.4. The van der Waals surface area contributed by atoms with Crippen molar-refractivity contribution in [3.63, 3.8) is 0 Å². The molecule has 0 saturated carbocycles. The summed E-state index contributed by atoms with van der Waals surface area (Å²) in [5.41, 5.74) is 15.1. The van der Waals surface area contributed by atoms with Crippen molar-refractivity contribution in [2.24, 2.45) is 5.73 Å². The molecule has 0 fully saturated rings. The minimum atomic E-state index is -0.569. The van der Waals surface area contributed by atoms with Gasteiger partial charge in [0.05, 0.1) is 5.52 Å². The third-order valence-corrected chi connectivity index (χ3v) is 3.64. The number of hydrogen-bond donors (Lipinski definition) is 4. The summed E-state index contributed by atoms with van der Waals surface area (Å²) in [5.74, 6) is -1.13. The molecule has 3 aromatic rings. The molecule has 1 heterocycles. The number of aryl methyl sites for hydroxylation is 1. The largest absolute Gasteiger partial charge is 0.420 e. The Bertz CT molecular complexity index is 1000.